The first-order chi connectivity index (χ1) is 9.95. The van der Waals surface area contributed by atoms with Gasteiger partial charge in [-0.15, -0.1) is 0 Å². The van der Waals surface area contributed by atoms with Gasteiger partial charge in [-0.25, -0.2) is 0 Å². The van der Waals surface area contributed by atoms with Gasteiger partial charge in [0.1, 0.15) is 0 Å². The third-order valence-corrected chi connectivity index (χ3v) is 3.49. The minimum Gasteiger partial charge on any atom is -0.463 e. The molecule has 0 fully saturated rings. The summed E-state index contributed by atoms with van der Waals surface area (Å²) in [6, 6.07) is 5.01. The van der Waals surface area contributed by atoms with Gasteiger partial charge in [0.15, 0.2) is 0 Å². The third-order valence-electron chi connectivity index (χ3n) is 3.49. The minimum atomic E-state index is -0.376. The van der Waals surface area contributed by atoms with Gasteiger partial charge in [0.25, 0.3) is 5.69 Å². The lowest BCUT2D eigenvalue weighted by molar-refractivity contribution is -0.385. The van der Waals surface area contributed by atoms with E-state index in [0.29, 0.717) is 19.5 Å². The van der Waals surface area contributed by atoms with Crippen molar-refractivity contribution in [3.63, 3.8) is 0 Å². The molecule has 0 aliphatic carbocycles. The van der Waals surface area contributed by atoms with Crippen molar-refractivity contribution in [2.45, 2.75) is 39.3 Å². The van der Waals surface area contributed by atoms with Gasteiger partial charge in [-0.1, -0.05) is 6.07 Å². The molecule has 1 aliphatic heterocycles. The lowest BCUT2D eigenvalue weighted by atomic mass is 9.99. The van der Waals surface area contributed by atoms with Crippen LogP contribution in [0, 0.1) is 10.1 Å². The molecule has 1 aromatic rings. The van der Waals surface area contributed by atoms with E-state index in [1.54, 1.807) is 12.1 Å². The molecule has 0 unspecified atom stereocenters. The number of carbonyl (C=O) groups is 1. The second kappa shape index (κ2) is 6.67. The highest BCUT2D eigenvalue weighted by atomic mass is 16.6. The Labute approximate surface area is 123 Å². The van der Waals surface area contributed by atoms with Crippen molar-refractivity contribution >= 4 is 11.7 Å². The number of hydrogen-bond acceptors (Lipinski definition) is 5. The van der Waals surface area contributed by atoms with Gasteiger partial charge in [-0.05, 0) is 31.4 Å². The largest absolute Gasteiger partial charge is 0.463 e. The lowest BCUT2D eigenvalue weighted by Crippen LogP contribution is -2.32. The number of rotatable bonds is 5. The van der Waals surface area contributed by atoms with Crippen LogP contribution in [0.25, 0.3) is 0 Å². The van der Waals surface area contributed by atoms with Gasteiger partial charge >= 0.3 is 5.97 Å². The molecule has 6 heteroatoms. The standard InChI is InChI=1S/C15H20N2O4/c1-11(2)21-15(18)6-8-16-7-5-12-3-4-14(17(19)20)9-13(12)10-16/h3-4,9,11H,5-8,10H2,1-2H3. The SMILES string of the molecule is CC(C)OC(=O)CCN1CCc2ccc([N+](=O)[O-])cc2C1. The number of ether oxygens (including phenoxy) is 1. The molecule has 1 heterocycles. The van der Waals surface area contributed by atoms with Crippen molar-refractivity contribution in [3.8, 4) is 0 Å². The van der Waals surface area contributed by atoms with E-state index >= 15 is 0 Å². The molecule has 21 heavy (non-hydrogen) atoms. The molecule has 0 N–H and O–H groups in total. The second-order valence-electron chi connectivity index (χ2n) is 5.52. The molecule has 114 valence electrons. The highest BCUT2D eigenvalue weighted by Crippen LogP contribution is 2.23. The molecular weight excluding hydrogens is 272 g/mol. The van der Waals surface area contributed by atoms with Crippen LogP contribution in [0.3, 0.4) is 0 Å². The van der Waals surface area contributed by atoms with Crippen LogP contribution in [-0.4, -0.2) is 35.0 Å². The molecule has 0 saturated carbocycles. The number of fused-ring (bicyclic) bond motifs is 1. The Morgan fingerprint density at radius 3 is 2.86 bits per heavy atom. The Kier molecular flexibility index (Phi) is 4.90. The van der Waals surface area contributed by atoms with E-state index in [1.165, 1.54) is 0 Å². The first-order valence-corrected chi connectivity index (χ1v) is 7.13. The van der Waals surface area contributed by atoms with Crippen LogP contribution in [0.5, 0.6) is 0 Å². The number of non-ortho nitro benzene ring substituents is 1. The van der Waals surface area contributed by atoms with Crippen LogP contribution in [0.1, 0.15) is 31.4 Å². The Balaban J connectivity index is 1.94. The maximum Gasteiger partial charge on any atom is 0.307 e. The summed E-state index contributed by atoms with van der Waals surface area (Å²) in [4.78, 5) is 24.1. The quantitative estimate of drug-likeness (QED) is 0.473. The number of hydrogen-bond donors (Lipinski definition) is 0. The van der Waals surface area contributed by atoms with Crippen molar-refractivity contribution in [2.75, 3.05) is 13.1 Å². The Hall–Kier alpha value is -1.95. The fraction of sp³-hybridized carbons (Fsp3) is 0.533. The second-order valence-corrected chi connectivity index (χ2v) is 5.52. The topological polar surface area (TPSA) is 72.7 Å². The normalized spacial score (nSPS) is 14.8. The van der Waals surface area contributed by atoms with Crippen molar-refractivity contribution in [1.82, 2.24) is 4.90 Å². The van der Waals surface area contributed by atoms with Gasteiger partial charge in [0.05, 0.1) is 17.4 Å². The summed E-state index contributed by atoms with van der Waals surface area (Å²) in [5.41, 5.74) is 2.25. The summed E-state index contributed by atoms with van der Waals surface area (Å²) >= 11 is 0. The Morgan fingerprint density at radius 2 is 2.19 bits per heavy atom. The molecule has 0 atom stereocenters. The number of nitro benzene ring substituents is 1. The highest BCUT2D eigenvalue weighted by molar-refractivity contribution is 5.69. The first-order valence-electron chi connectivity index (χ1n) is 7.13. The predicted molar refractivity (Wildman–Crippen MR) is 77.9 cm³/mol. The van der Waals surface area contributed by atoms with Gasteiger partial charge in [0, 0.05) is 31.8 Å². The highest BCUT2D eigenvalue weighted by Gasteiger charge is 2.19. The molecule has 0 bridgehead atoms. The summed E-state index contributed by atoms with van der Waals surface area (Å²) < 4.78 is 5.11. The zero-order chi connectivity index (χ0) is 15.4. The van der Waals surface area contributed by atoms with E-state index < -0.39 is 0 Å². The number of nitro groups is 1. The molecule has 1 aromatic carbocycles. The number of esters is 1. The first kappa shape index (κ1) is 15.4. The molecule has 0 amide bonds. The molecule has 0 spiro atoms. The third kappa shape index (κ3) is 4.26. The minimum absolute atomic E-state index is 0.0952. The fourth-order valence-electron chi connectivity index (χ4n) is 2.48. The van der Waals surface area contributed by atoms with Crippen LogP contribution in [-0.2, 0) is 22.5 Å². The smallest absolute Gasteiger partial charge is 0.307 e. The summed E-state index contributed by atoms with van der Waals surface area (Å²) in [6.45, 7) is 5.78. The van der Waals surface area contributed by atoms with E-state index in [1.807, 2.05) is 19.9 Å². The number of carbonyl (C=O) groups excluding carboxylic acids is 1. The van der Waals surface area contributed by atoms with Gasteiger partial charge in [0.2, 0.25) is 0 Å². The van der Waals surface area contributed by atoms with Crippen LogP contribution < -0.4 is 0 Å². The van der Waals surface area contributed by atoms with E-state index in [9.17, 15) is 14.9 Å². The van der Waals surface area contributed by atoms with Crippen molar-refractivity contribution in [1.29, 1.82) is 0 Å². The molecule has 0 radical (unpaired) electrons. The maximum atomic E-state index is 11.5. The molecule has 2 rings (SSSR count). The predicted octanol–water partition coefficient (Wildman–Crippen LogP) is 2.29. The van der Waals surface area contributed by atoms with E-state index in [0.717, 1.165) is 24.1 Å². The molecule has 0 saturated heterocycles. The van der Waals surface area contributed by atoms with Gasteiger partial charge in [-0.2, -0.15) is 0 Å². The number of nitrogens with zero attached hydrogens (tertiary/aromatic N) is 2. The Morgan fingerprint density at radius 1 is 1.43 bits per heavy atom. The molecule has 0 aromatic heterocycles. The average molecular weight is 292 g/mol. The van der Waals surface area contributed by atoms with E-state index in [2.05, 4.69) is 4.90 Å². The van der Waals surface area contributed by atoms with E-state index in [-0.39, 0.29) is 22.7 Å². The van der Waals surface area contributed by atoms with Crippen LogP contribution in [0.2, 0.25) is 0 Å². The number of benzene rings is 1. The molecule has 6 nitrogen and oxygen atoms in total. The van der Waals surface area contributed by atoms with Crippen molar-refractivity contribution < 1.29 is 14.5 Å². The zero-order valence-electron chi connectivity index (χ0n) is 12.4. The summed E-state index contributed by atoms with van der Waals surface area (Å²) in [7, 11) is 0. The Bertz CT molecular complexity index is 542. The average Bonchev–Trinajstić information content (AvgIpc) is 2.43. The van der Waals surface area contributed by atoms with Crippen LogP contribution in [0.4, 0.5) is 5.69 Å². The summed E-state index contributed by atoms with van der Waals surface area (Å²) in [5.74, 6) is -0.199. The lowest BCUT2D eigenvalue weighted by Gasteiger charge is -2.28. The summed E-state index contributed by atoms with van der Waals surface area (Å²) in [5, 5.41) is 10.8. The van der Waals surface area contributed by atoms with E-state index in [4.69, 9.17) is 4.74 Å². The van der Waals surface area contributed by atoms with Crippen molar-refractivity contribution in [3.05, 3.63) is 39.4 Å². The maximum absolute atomic E-state index is 11.5. The fourth-order valence-corrected chi connectivity index (χ4v) is 2.48. The van der Waals surface area contributed by atoms with Crippen LogP contribution >= 0.6 is 0 Å². The molecular formula is C15H20N2O4. The zero-order valence-corrected chi connectivity index (χ0v) is 12.4. The van der Waals surface area contributed by atoms with Gasteiger partial charge < -0.3 is 4.74 Å². The molecule has 1 aliphatic rings. The van der Waals surface area contributed by atoms with Crippen LogP contribution in [0.15, 0.2) is 18.2 Å². The van der Waals surface area contributed by atoms with Crippen molar-refractivity contribution in [2.24, 2.45) is 0 Å². The summed E-state index contributed by atoms with van der Waals surface area (Å²) in [6.07, 6.45) is 1.11. The van der Waals surface area contributed by atoms with Gasteiger partial charge in [-0.3, -0.25) is 19.8 Å². The monoisotopic (exact) mass is 292 g/mol.